The summed E-state index contributed by atoms with van der Waals surface area (Å²) in [5, 5.41) is 105. The molecule has 61 heavy (non-hydrogen) atoms. The molecule has 6 rings (SSSR count). The average Bonchev–Trinajstić information content (AvgIpc) is 3.22. The molecule has 21 nitrogen and oxygen atoms in total. The molecule has 11 N–H and O–H groups in total. The smallest absolute Gasteiger partial charge is 0.330 e. The third kappa shape index (κ3) is 12.0. The number of esters is 2. The van der Waals surface area contributed by atoms with Crippen molar-refractivity contribution in [1.82, 2.24) is 0 Å². The third-order valence-corrected chi connectivity index (χ3v) is 13.1. The predicted molar refractivity (Wildman–Crippen MR) is 202 cm³/mol. The Morgan fingerprint density at radius 3 is 1.87 bits per heavy atom. The van der Waals surface area contributed by atoms with Crippen LogP contribution in [0.1, 0.15) is 70.6 Å². The third-order valence-electron chi connectivity index (χ3n) is 13.1. The van der Waals surface area contributed by atoms with Gasteiger partial charge in [0, 0.05) is 31.9 Å². The van der Waals surface area contributed by atoms with Gasteiger partial charge in [-0.05, 0) is 57.3 Å². The summed E-state index contributed by atoms with van der Waals surface area (Å²) in [5.74, 6) is -3.96. The van der Waals surface area contributed by atoms with Crippen molar-refractivity contribution in [2.24, 2.45) is 17.8 Å². The van der Waals surface area contributed by atoms with Crippen molar-refractivity contribution in [3.63, 3.8) is 0 Å². The van der Waals surface area contributed by atoms with Crippen molar-refractivity contribution in [2.75, 3.05) is 20.3 Å². The Balaban J connectivity index is 1.14. The lowest BCUT2D eigenvalue weighted by Gasteiger charge is -2.50. The van der Waals surface area contributed by atoms with Gasteiger partial charge in [-0.1, -0.05) is 6.08 Å². The summed E-state index contributed by atoms with van der Waals surface area (Å²) in [7, 11) is 1.51. The molecular weight excluding hydrogens is 816 g/mol. The summed E-state index contributed by atoms with van der Waals surface area (Å²) in [4.78, 5) is 35.5. The number of carbonyl (C=O) groups is 3. The first-order chi connectivity index (χ1) is 29.0. The molecule has 0 spiro atoms. The fraction of sp³-hybridized carbons (Fsp3) is 0.875. The molecule has 0 aromatic heterocycles. The molecule has 3 saturated heterocycles. The van der Waals surface area contributed by atoms with Crippen molar-refractivity contribution in [3.05, 3.63) is 12.2 Å². The summed E-state index contributed by atoms with van der Waals surface area (Å²) in [5.41, 5.74) is 0. The predicted octanol–water partition coefficient (Wildman–Crippen LogP) is -3.34. The summed E-state index contributed by atoms with van der Waals surface area (Å²) < 4.78 is 45.2. The largest absolute Gasteiger partial charge is 0.481 e. The maximum atomic E-state index is 12.7. The highest BCUT2D eigenvalue weighted by Gasteiger charge is 2.56. The van der Waals surface area contributed by atoms with Gasteiger partial charge >= 0.3 is 17.9 Å². The van der Waals surface area contributed by atoms with Gasteiger partial charge in [0.05, 0.1) is 36.4 Å². The van der Waals surface area contributed by atoms with Crippen LogP contribution in [0.5, 0.6) is 0 Å². The molecule has 0 aromatic rings. The Hall–Kier alpha value is -2.45. The topological polar surface area (TPSA) is 331 Å². The number of ether oxygens (including phenoxy) is 8. The fourth-order valence-corrected chi connectivity index (χ4v) is 9.63. The van der Waals surface area contributed by atoms with Crippen LogP contribution < -0.4 is 0 Å². The minimum atomic E-state index is -1.82. The van der Waals surface area contributed by atoms with E-state index < -0.39 is 148 Å². The second-order valence-electron chi connectivity index (χ2n) is 17.3. The van der Waals surface area contributed by atoms with E-state index in [4.69, 9.17) is 43.0 Å². The van der Waals surface area contributed by atoms with Crippen molar-refractivity contribution in [1.29, 1.82) is 0 Å². The second-order valence-corrected chi connectivity index (χ2v) is 17.3. The number of aliphatic hydroxyl groups is 11. The van der Waals surface area contributed by atoms with Gasteiger partial charge in [0.2, 0.25) is 0 Å². The van der Waals surface area contributed by atoms with Crippen molar-refractivity contribution < 1.29 is 103 Å². The van der Waals surface area contributed by atoms with Gasteiger partial charge in [0.15, 0.2) is 24.8 Å². The minimum Gasteiger partial charge on any atom is -0.481 e. The number of aliphatic carboxylic acids is 1. The van der Waals surface area contributed by atoms with Crippen molar-refractivity contribution >= 4 is 17.9 Å². The van der Waals surface area contributed by atoms with Crippen LogP contribution in [0, 0.1) is 17.8 Å². The summed E-state index contributed by atoms with van der Waals surface area (Å²) in [6.07, 6.45) is -15.3. The quantitative estimate of drug-likeness (QED) is 0.0353. The first kappa shape index (κ1) is 48.0. The molecule has 6 aliphatic rings. The van der Waals surface area contributed by atoms with E-state index in [2.05, 4.69) is 0 Å². The molecule has 0 bridgehead atoms. The highest BCUT2D eigenvalue weighted by molar-refractivity contribution is 5.90. The zero-order chi connectivity index (χ0) is 44.1. The van der Waals surface area contributed by atoms with Crippen molar-refractivity contribution in [2.45, 2.75) is 181 Å². The number of carboxylic acids is 1. The zero-order valence-corrected chi connectivity index (χ0v) is 34.0. The number of hydrogen-bond acceptors (Lipinski definition) is 19. The van der Waals surface area contributed by atoms with E-state index in [9.17, 15) is 60.3 Å². The van der Waals surface area contributed by atoms with Crippen LogP contribution in [-0.4, -0.2) is 204 Å². The highest BCUT2D eigenvalue weighted by Crippen LogP contribution is 2.44. The van der Waals surface area contributed by atoms with Crippen LogP contribution in [0.3, 0.4) is 0 Å². The fourth-order valence-electron chi connectivity index (χ4n) is 9.63. The van der Waals surface area contributed by atoms with Gasteiger partial charge in [-0.25, -0.2) is 4.79 Å². The summed E-state index contributed by atoms with van der Waals surface area (Å²) in [6.45, 7) is -1.17. The van der Waals surface area contributed by atoms with E-state index >= 15 is 0 Å². The van der Waals surface area contributed by atoms with E-state index in [1.807, 2.05) is 0 Å². The number of carbonyl (C=O) groups excluding carboxylic acids is 2. The summed E-state index contributed by atoms with van der Waals surface area (Å²) >= 11 is 0. The van der Waals surface area contributed by atoms with E-state index in [0.29, 0.717) is 44.9 Å². The molecule has 3 aliphatic heterocycles. The van der Waals surface area contributed by atoms with Gasteiger partial charge in [-0.3, -0.25) is 9.59 Å². The lowest BCUT2D eigenvalue weighted by Crippen LogP contribution is -2.64. The molecule has 3 saturated carbocycles. The average molecular weight is 880 g/mol. The molecule has 21 heteroatoms. The first-order valence-electron chi connectivity index (χ1n) is 21.2. The molecule has 348 valence electrons. The van der Waals surface area contributed by atoms with Crippen molar-refractivity contribution in [3.8, 4) is 0 Å². The molecule has 3 heterocycles. The molecule has 0 amide bonds. The monoisotopic (exact) mass is 879 g/mol. The highest BCUT2D eigenvalue weighted by atomic mass is 16.7. The van der Waals surface area contributed by atoms with E-state index in [0.717, 1.165) is 0 Å². The van der Waals surface area contributed by atoms with Gasteiger partial charge in [-0.15, -0.1) is 0 Å². The Bertz CT molecular complexity index is 1480. The molecule has 0 aromatic carbocycles. The zero-order valence-electron chi connectivity index (χ0n) is 34.0. The van der Waals surface area contributed by atoms with E-state index in [1.165, 1.54) is 13.2 Å². The first-order valence-corrected chi connectivity index (χ1v) is 21.2. The molecule has 6 fully saturated rings. The Morgan fingerprint density at radius 1 is 0.656 bits per heavy atom. The normalized spacial score (nSPS) is 45.8. The maximum absolute atomic E-state index is 12.7. The van der Waals surface area contributed by atoms with Gasteiger partial charge in [-0.2, -0.15) is 0 Å². The maximum Gasteiger partial charge on any atom is 0.330 e. The van der Waals surface area contributed by atoms with E-state index in [-0.39, 0.29) is 37.2 Å². The van der Waals surface area contributed by atoms with Crippen LogP contribution in [0.2, 0.25) is 0 Å². The second kappa shape index (κ2) is 21.5. The van der Waals surface area contributed by atoms with E-state index in [1.54, 1.807) is 6.08 Å². The van der Waals surface area contributed by atoms with Crippen LogP contribution in [0.4, 0.5) is 0 Å². The summed E-state index contributed by atoms with van der Waals surface area (Å²) in [6, 6.07) is 0. The molecular formula is C40H63O21+. The number of aliphatic hydroxyl groups excluding tert-OH is 9. The number of methoxy groups -OCH3 is 1. The Labute approximate surface area is 352 Å². The SMILES string of the molecule is COC1CC(C=CC(=O)OCC2OC(OC3CC4C(OC5OC(COC(=O)CC(=O)O)C(O)C(O)C5O)CC(O)CC4[OH+]C3C3CCC(O)CC3)C(O)C(O)C2O)CCC1O. The Morgan fingerprint density at radius 2 is 1.26 bits per heavy atom. The van der Waals surface area contributed by atoms with Gasteiger partial charge in [0.1, 0.15) is 74.6 Å². The van der Waals surface area contributed by atoms with Gasteiger partial charge < -0.3 is 89.0 Å². The number of hydrogen-bond donors (Lipinski definition) is 10. The molecule has 19 unspecified atom stereocenters. The lowest BCUT2D eigenvalue weighted by atomic mass is 9.73. The van der Waals surface area contributed by atoms with Crippen LogP contribution in [-0.2, 0) is 47.5 Å². The number of allylic oxidation sites excluding steroid dienone is 1. The minimum absolute atomic E-state index is 0.0260. The molecule has 3 aliphatic carbocycles. The van der Waals surface area contributed by atoms with Crippen LogP contribution >= 0.6 is 0 Å². The number of rotatable bonds is 14. The van der Waals surface area contributed by atoms with Crippen LogP contribution in [0.15, 0.2) is 12.2 Å². The van der Waals surface area contributed by atoms with Crippen LogP contribution in [0.25, 0.3) is 0 Å². The molecule has 0 radical (unpaired) electrons. The standard InChI is InChI=1S/C40H62O21/c1-54-25-10-17(2-8-22(25)43)3-9-30(46)55-15-27-32(48)35(51)37(53)40(61-27)59-26-13-21-23(57-38(26)18-4-6-19(41)7-5-18)11-20(42)12-24(21)58-39-36(52)34(50)33(49)28(60-39)16-56-31(47)14-29(44)45/h3,9,17-28,32-43,48-53H,2,4-8,10-16H2,1H3,(H,44,45)/p+1. The lowest BCUT2D eigenvalue weighted by molar-refractivity contribution is -0.366. The number of carboxylic acid groups (broad SMARTS) is 1. The number of fused-ring (bicyclic) bond motifs is 1. The van der Waals surface area contributed by atoms with Gasteiger partial charge in [0.25, 0.3) is 0 Å². The molecule has 19 atom stereocenters. The Kier molecular flexibility index (Phi) is 16.9.